The first-order chi connectivity index (χ1) is 11.4. The molecular formula is C17H26N6O. The summed E-state index contributed by atoms with van der Waals surface area (Å²) in [6.45, 7) is 9.59. The quantitative estimate of drug-likeness (QED) is 0.926. The van der Waals surface area contributed by atoms with Crippen molar-refractivity contribution in [1.29, 1.82) is 0 Å². The van der Waals surface area contributed by atoms with Gasteiger partial charge in [-0.2, -0.15) is 0 Å². The fourth-order valence-electron chi connectivity index (χ4n) is 3.00. The molecule has 1 fully saturated rings. The van der Waals surface area contributed by atoms with E-state index in [0.29, 0.717) is 18.7 Å². The van der Waals surface area contributed by atoms with Gasteiger partial charge in [0.25, 0.3) is 0 Å². The molecule has 2 aromatic rings. The Morgan fingerprint density at radius 2 is 2.04 bits per heavy atom. The fraction of sp³-hybridized carbons (Fsp3) is 0.647. The lowest BCUT2D eigenvalue weighted by atomic mass is 9.90. The molecule has 1 aliphatic rings. The van der Waals surface area contributed by atoms with Gasteiger partial charge in [-0.05, 0) is 32.8 Å². The number of β-amino-alcohol motifs (C(OH)–C–C–N with tert-alkyl or cyclic N) is 1. The van der Waals surface area contributed by atoms with Gasteiger partial charge in [0.1, 0.15) is 22.9 Å². The molecular weight excluding hydrogens is 304 g/mol. The van der Waals surface area contributed by atoms with Crippen molar-refractivity contribution in [3.63, 3.8) is 0 Å². The van der Waals surface area contributed by atoms with E-state index in [9.17, 15) is 5.11 Å². The number of aliphatic hydroxyl groups is 1. The summed E-state index contributed by atoms with van der Waals surface area (Å²) < 4.78 is 1.79. The van der Waals surface area contributed by atoms with Gasteiger partial charge in [0.2, 0.25) is 0 Å². The maximum absolute atomic E-state index is 11.1. The Balaban J connectivity index is 1.84. The largest absolute Gasteiger partial charge is 0.382 e. The van der Waals surface area contributed by atoms with Crippen molar-refractivity contribution in [1.82, 2.24) is 25.0 Å². The van der Waals surface area contributed by atoms with Gasteiger partial charge in [0, 0.05) is 24.7 Å². The lowest BCUT2D eigenvalue weighted by Crippen LogP contribution is -2.46. The van der Waals surface area contributed by atoms with Crippen LogP contribution < -0.4 is 4.90 Å². The average molecular weight is 330 g/mol. The number of piperidine rings is 1. The first kappa shape index (κ1) is 16.8. The van der Waals surface area contributed by atoms with Crippen molar-refractivity contribution < 1.29 is 5.11 Å². The van der Waals surface area contributed by atoms with Crippen LogP contribution in [0.3, 0.4) is 0 Å². The van der Waals surface area contributed by atoms with Gasteiger partial charge in [-0.1, -0.05) is 19.1 Å². The van der Waals surface area contributed by atoms with Gasteiger partial charge in [-0.3, -0.25) is 0 Å². The molecule has 1 atom stereocenters. The zero-order chi connectivity index (χ0) is 17.3. The molecule has 3 rings (SSSR count). The van der Waals surface area contributed by atoms with Gasteiger partial charge >= 0.3 is 0 Å². The molecule has 0 spiro atoms. The summed E-state index contributed by atoms with van der Waals surface area (Å²) in [7, 11) is 0. The van der Waals surface area contributed by atoms with Crippen LogP contribution in [0.15, 0.2) is 18.5 Å². The lowest BCUT2D eigenvalue weighted by molar-refractivity contribution is 0.0174. The number of aromatic nitrogens is 5. The van der Waals surface area contributed by atoms with Crippen LogP contribution in [0.4, 0.5) is 5.82 Å². The number of nitrogens with zero attached hydrogens (tertiary/aromatic N) is 6. The third-order valence-electron chi connectivity index (χ3n) is 4.49. The molecule has 0 radical (unpaired) electrons. The Bertz CT molecular complexity index is 698. The highest BCUT2D eigenvalue weighted by molar-refractivity contribution is 5.40. The van der Waals surface area contributed by atoms with Crippen molar-refractivity contribution in [2.75, 3.05) is 18.0 Å². The van der Waals surface area contributed by atoms with E-state index in [1.807, 2.05) is 26.1 Å². The zero-order valence-electron chi connectivity index (χ0n) is 14.8. The SMILES string of the molecule is CC(C)c1nccc(N2CCC[C@@](O)(c3cn(C(C)C)nn3)C2)n1. The predicted octanol–water partition coefficient (Wildman–Crippen LogP) is 2.26. The van der Waals surface area contributed by atoms with Crippen molar-refractivity contribution in [2.24, 2.45) is 0 Å². The maximum Gasteiger partial charge on any atom is 0.133 e. The van der Waals surface area contributed by atoms with E-state index in [-0.39, 0.29) is 12.0 Å². The Hall–Kier alpha value is -2.02. The third kappa shape index (κ3) is 3.26. The summed E-state index contributed by atoms with van der Waals surface area (Å²) in [5, 5.41) is 19.5. The van der Waals surface area contributed by atoms with Crippen LogP contribution in [-0.4, -0.2) is 43.2 Å². The third-order valence-corrected chi connectivity index (χ3v) is 4.49. The van der Waals surface area contributed by atoms with Crippen LogP contribution in [-0.2, 0) is 5.60 Å². The van der Waals surface area contributed by atoms with Gasteiger partial charge in [0.05, 0.1) is 12.7 Å². The molecule has 0 aliphatic carbocycles. The van der Waals surface area contributed by atoms with Crippen molar-refractivity contribution in [3.8, 4) is 0 Å². The molecule has 0 amide bonds. The van der Waals surface area contributed by atoms with E-state index in [0.717, 1.165) is 24.6 Å². The summed E-state index contributed by atoms with van der Waals surface area (Å²) in [6, 6.07) is 2.13. The predicted molar refractivity (Wildman–Crippen MR) is 91.9 cm³/mol. The Morgan fingerprint density at radius 3 is 2.71 bits per heavy atom. The second kappa shape index (κ2) is 6.47. The molecule has 2 aromatic heterocycles. The van der Waals surface area contributed by atoms with E-state index >= 15 is 0 Å². The highest BCUT2D eigenvalue weighted by atomic mass is 16.3. The number of hydrogen-bond donors (Lipinski definition) is 1. The van der Waals surface area contributed by atoms with E-state index in [4.69, 9.17) is 0 Å². The monoisotopic (exact) mass is 330 g/mol. The second-order valence-corrected chi connectivity index (χ2v) is 7.16. The number of anilines is 1. The Labute approximate surface area is 142 Å². The molecule has 3 heterocycles. The Morgan fingerprint density at radius 1 is 1.25 bits per heavy atom. The first-order valence-electron chi connectivity index (χ1n) is 8.61. The molecule has 0 aromatic carbocycles. The highest BCUT2D eigenvalue weighted by Gasteiger charge is 2.38. The Kier molecular flexibility index (Phi) is 4.54. The van der Waals surface area contributed by atoms with E-state index in [2.05, 4.69) is 39.0 Å². The number of rotatable bonds is 4. The first-order valence-corrected chi connectivity index (χ1v) is 8.61. The molecule has 24 heavy (non-hydrogen) atoms. The molecule has 7 nitrogen and oxygen atoms in total. The van der Waals surface area contributed by atoms with Crippen molar-refractivity contribution in [3.05, 3.63) is 30.0 Å². The maximum atomic E-state index is 11.1. The number of hydrogen-bond acceptors (Lipinski definition) is 6. The van der Waals surface area contributed by atoms with Gasteiger partial charge in [-0.25, -0.2) is 14.6 Å². The molecule has 1 N–H and O–H groups in total. The minimum atomic E-state index is -0.992. The standard InChI is InChI=1S/C17H26N6O/c1-12(2)16-18-8-6-15(19-16)22-9-5-7-17(24,11-22)14-10-23(13(3)4)21-20-14/h6,8,10,12-13,24H,5,7,9,11H2,1-4H3/t17-/m0/s1. The minimum Gasteiger partial charge on any atom is -0.382 e. The lowest BCUT2D eigenvalue weighted by Gasteiger charge is -2.38. The van der Waals surface area contributed by atoms with Crippen molar-refractivity contribution >= 4 is 5.82 Å². The van der Waals surface area contributed by atoms with Crippen LogP contribution in [0, 0.1) is 0 Å². The summed E-state index contributed by atoms with van der Waals surface area (Å²) >= 11 is 0. The normalized spacial score (nSPS) is 21.7. The second-order valence-electron chi connectivity index (χ2n) is 7.16. The summed E-state index contributed by atoms with van der Waals surface area (Å²) in [6.07, 6.45) is 5.21. The van der Waals surface area contributed by atoms with Crippen LogP contribution in [0.5, 0.6) is 0 Å². The summed E-state index contributed by atoms with van der Waals surface area (Å²) in [5.41, 5.74) is -0.354. The minimum absolute atomic E-state index is 0.227. The van der Waals surface area contributed by atoms with Crippen LogP contribution >= 0.6 is 0 Å². The molecule has 7 heteroatoms. The summed E-state index contributed by atoms with van der Waals surface area (Å²) in [5.74, 6) is 1.97. The molecule has 1 aliphatic heterocycles. The summed E-state index contributed by atoms with van der Waals surface area (Å²) in [4.78, 5) is 11.1. The van der Waals surface area contributed by atoms with Crippen molar-refractivity contribution in [2.45, 2.75) is 58.1 Å². The van der Waals surface area contributed by atoms with Crippen LogP contribution in [0.2, 0.25) is 0 Å². The van der Waals surface area contributed by atoms with E-state index in [1.54, 1.807) is 10.9 Å². The van der Waals surface area contributed by atoms with Crippen LogP contribution in [0.1, 0.15) is 64.0 Å². The molecule has 0 unspecified atom stereocenters. The van der Waals surface area contributed by atoms with Gasteiger partial charge < -0.3 is 10.0 Å². The van der Waals surface area contributed by atoms with Crippen LogP contribution in [0.25, 0.3) is 0 Å². The van der Waals surface area contributed by atoms with E-state index < -0.39 is 5.60 Å². The fourth-order valence-corrected chi connectivity index (χ4v) is 3.00. The average Bonchev–Trinajstić information content (AvgIpc) is 3.06. The zero-order valence-corrected chi connectivity index (χ0v) is 14.8. The molecule has 1 saturated heterocycles. The van der Waals surface area contributed by atoms with E-state index in [1.165, 1.54) is 0 Å². The van der Waals surface area contributed by atoms with Gasteiger partial charge in [-0.15, -0.1) is 5.10 Å². The highest BCUT2D eigenvalue weighted by Crippen LogP contribution is 2.32. The van der Waals surface area contributed by atoms with Gasteiger partial charge in [0.15, 0.2) is 0 Å². The topological polar surface area (TPSA) is 80.0 Å². The molecule has 0 bridgehead atoms. The molecule has 0 saturated carbocycles. The molecule has 130 valence electrons. The smallest absolute Gasteiger partial charge is 0.133 e.